The van der Waals surface area contributed by atoms with E-state index in [2.05, 4.69) is 27.8 Å². The second-order valence-electron chi connectivity index (χ2n) is 5.54. The quantitative estimate of drug-likeness (QED) is 0.740. The Balaban J connectivity index is 2.14. The molecule has 0 aromatic heterocycles. The summed E-state index contributed by atoms with van der Waals surface area (Å²) in [4.78, 5) is 11.6. The predicted octanol–water partition coefficient (Wildman–Crippen LogP) is 3.73. The Bertz CT molecular complexity index is 788. The molecule has 0 saturated heterocycles. The first-order chi connectivity index (χ1) is 10.8. The molecule has 1 aliphatic carbocycles. The number of rotatable bonds is 0. The molecule has 1 fully saturated rings. The van der Waals surface area contributed by atoms with Crippen LogP contribution in [0.1, 0.15) is 24.0 Å². The predicted molar refractivity (Wildman–Crippen MR) is 77.3 cm³/mol. The van der Waals surface area contributed by atoms with Crippen molar-refractivity contribution >= 4 is 11.8 Å². The smallest absolute Gasteiger partial charge is 0.415 e. The average molecular weight is 319 g/mol. The standard InChI is InChI=1S/C17H12F3NO2/c1-11-5-8-14-13(10-11)16(17(18,19)20,23-15(22)21-14)9-3-2-4-12-6-7-12/h5,8,10,12H,6-7H2,1H3,(H,21,22)/t16-/m0/s1. The third-order valence-corrected chi connectivity index (χ3v) is 3.59. The number of anilines is 1. The number of carbonyl (C=O) groups is 1. The summed E-state index contributed by atoms with van der Waals surface area (Å²) in [7, 11) is 0. The van der Waals surface area contributed by atoms with E-state index in [1.165, 1.54) is 12.1 Å². The zero-order chi connectivity index (χ0) is 16.7. The van der Waals surface area contributed by atoms with Crippen molar-refractivity contribution in [1.82, 2.24) is 0 Å². The summed E-state index contributed by atoms with van der Waals surface area (Å²) in [5.41, 5.74) is -2.60. The maximum Gasteiger partial charge on any atom is 0.445 e. The number of hydrogen-bond acceptors (Lipinski definition) is 2. The number of halogens is 3. The third kappa shape index (κ3) is 2.85. The van der Waals surface area contributed by atoms with Crippen LogP contribution in [0.4, 0.5) is 23.7 Å². The van der Waals surface area contributed by atoms with Gasteiger partial charge in [0.15, 0.2) is 0 Å². The van der Waals surface area contributed by atoms with E-state index in [9.17, 15) is 18.0 Å². The molecule has 1 aromatic carbocycles. The Morgan fingerprint density at radius 3 is 2.70 bits per heavy atom. The van der Waals surface area contributed by atoms with Crippen molar-refractivity contribution in [2.75, 3.05) is 5.32 Å². The number of fused-ring (bicyclic) bond motifs is 1. The van der Waals surface area contributed by atoms with Crippen LogP contribution in [-0.4, -0.2) is 12.3 Å². The molecule has 0 unspecified atom stereocenters. The number of ether oxygens (including phenoxy) is 1. The van der Waals surface area contributed by atoms with Gasteiger partial charge in [-0.15, -0.1) is 0 Å². The summed E-state index contributed by atoms with van der Waals surface area (Å²) in [6.07, 6.45) is -4.19. The lowest BCUT2D eigenvalue weighted by Crippen LogP contribution is -2.49. The number of benzene rings is 1. The first kappa shape index (κ1) is 15.3. The molecule has 1 aromatic rings. The molecule has 3 nitrogen and oxygen atoms in total. The number of nitrogens with one attached hydrogen (secondary N) is 1. The molecular weight excluding hydrogens is 307 g/mol. The lowest BCUT2D eigenvalue weighted by molar-refractivity contribution is -0.239. The summed E-state index contributed by atoms with van der Waals surface area (Å²) in [6, 6.07) is 4.32. The van der Waals surface area contributed by atoms with E-state index in [0.717, 1.165) is 12.8 Å². The van der Waals surface area contributed by atoms with Crippen LogP contribution < -0.4 is 5.32 Å². The fourth-order valence-corrected chi connectivity index (χ4v) is 2.25. The highest BCUT2D eigenvalue weighted by molar-refractivity contribution is 5.89. The van der Waals surface area contributed by atoms with Crippen molar-refractivity contribution < 1.29 is 22.7 Å². The van der Waals surface area contributed by atoms with Crippen molar-refractivity contribution in [3.05, 3.63) is 29.3 Å². The van der Waals surface area contributed by atoms with Gasteiger partial charge in [0, 0.05) is 11.5 Å². The minimum absolute atomic E-state index is 0.0358. The highest BCUT2D eigenvalue weighted by Crippen LogP contribution is 2.47. The molecule has 1 saturated carbocycles. The first-order valence-corrected chi connectivity index (χ1v) is 7.02. The minimum Gasteiger partial charge on any atom is -0.415 e. The van der Waals surface area contributed by atoms with Crippen LogP contribution in [0.5, 0.6) is 0 Å². The average Bonchev–Trinajstić information content (AvgIpc) is 3.27. The molecule has 118 valence electrons. The van der Waals surface area contributed by atoms with Crippen LogP contribution >= 0.6 is 0 Å². The summed E-state index contributed by atoms with van der Waals surface area (Å²) < 4.78 is 45.8. The maximum absolute atomic E-state index is 13.7. The molecule has 1 N–H and O–H groups in total. The second kappa shape index (κ2) is 5.24. The van der Waals surface area contributed by atoms with Crippen molar-refractivity contribution in [2.45, 2.75) is 31.5 Å². The van der Waals surface area contributed by atoms with Gasteiger partial charge in [0.2, 0.25) is 0 Å². The monoisotopic (exact) mass is 319 g/mol. The van der Waals surface area contributed by atoms with E-state index in [4.69, 9.17) is 0 Å². The van der Waals surface area contributed by atoms with Gasteiger partial charge in [0.1, 0.15) is 0 Å². The highest BCUT2D eigenvalue weighted by Gasteiger charge is 2.62. The molecule has 6 heteroatoms. The van der Waals surface area contributed by atoms with Crippen molar-refractivity contribution in [2.24, 2.45) is 5.92 Å². The van der Waals surface area contributed by atoms with E-state index in [0.29, 0.717) is 5.56 Å². The molecule has 2 aliphatic rings. The van der Waals surface area contributed by atoms with Gasteiger partial charge in [-0.1, -0.05) is 17.6 Å². The number of carbonyl (C=O) groups excluding carboxylic acids is 1. The number of cyclic esters (lactones) is 1. The Morgan fingerprint density at radius 2 is 2.04 bits per heavy atom. The summed E-state index contributed by atoms with van der Waals surface area (Å²) in [5, 5.41) is 2.27. The fraction of sp³-hybridized carbons (Fsp3) is 0.353. The summed E-state index contributed by atoms with van der Waals surface area (Å²) in [6.45, 7) is 1.65. The van der Waals surface area contributed by atoms with Crippen LogP contribution in [0.2, 0.25) is 0 Å². The lowest BCUT2D eigenvalue weighted by atomic mass is 9.89. The summed E-state index contributed by atoms with van der Waals surface area (Å²) >= 11 is 0. The molecule has 0 bridgehead atoms. The Morgan fingerprint density at radius 1 is 1.30 bits per heavy atom. The molecule has 1 aliphatic heterocycles. The molecule has 1 atom stereocenters. The van der Waals surface area contributed by atoms with Gasteiger partial charge in [-0.05, 0) is 49.7 Å². The van der Waals surface area contributed by atoms with E-state index < -0.39 is 17.9 Å². The molecule has 0 radical (unpaired) electrons. The van der Waals surface area contributed by atoms with Gasteiger partial charge in [-0.25, -0.2) is 4.79 Å². The SMILES string of the molecule is Cc1ccc2c(c1)[C@@](C#CC#CC1CC1)(C(F)(F)F)OC(=O)N2. The largest absolute Gasteiger partial charge is 0.445 e. The van der Waals surface area contributed by atoms with Crippen molar-refractivity contribution in [1.29, 1.82) is 0 Å². The second-order valence-corrected chi connectivity index (χ2v) is 5.54. The molecule has 23 heavy (non-hydrogen) atoms. The number of hydrogen-bond donors (Lipinski definition) is 1. The fourth-order valence-electron chi connectivity index (χ4n) is 2.25. The van der Waals surface area contributed by atoms with Crippen LogP contribution in [0.25, 0.3) is 0 Å². The van der Waals surface area contributed by atoms with E-state index in [1.807, 2.05) is 5.92 Å². The van der Waals surface area contributed by atoms with Gasteiger partial charge < -0.3 is 4.74 Å². The van der Waals surface area contributed by atoms with Crippen molar-refractivity contribution in [3.8, 4) is 23.7 Å². The van der Waals surface area contributed by atoms with Crippen LogP contribution in [-0.2, 0) is 10.3 Å². The topological polar surface area (TPSA) is 38.3 Å². The lowest BCUT2D eigenvalue weighted by Gasteiger charge is -2.35. The normalized spacial score (nSPS) is 22.5. The number of aryl methyl sites for hydroxylation is 1. The Labute approximate surface area is 131 Å². The highest BCUT2D eigenvalue weighted by atomic mass is 19.4. The van der Waals surface area contributed by atoms with E-state index in [1.54, 1.807) is 13.0 Å². The van der Waals surface area contributed by atoms with Crippen LogP contribution in [0.3, 0.4) is 0 Å². The van der Waals surface area contributed by atoms with Gasteiger partial charge in [0.05, 0.1) is 5.69 Å². The molecule has 1 heterocycles. The molecule has 1 amide bonds. The number of amides is 1. The van der Waals surface area contributed by atoms with E-state index in [-0.39, 0.29) is 17.2 Å². The molecular formula is C17H12F3NO2. The van der Waals surface area contributed by atoms with Gasteiger partial charge >= 0.3 is 12.3 Å². The van der Waals surface area contributed by atoms with Crippen LogP contribution in [0.15, 0.2) is 18.2 Å². The Kier molecular flexibility index (Phi) is 3.49. The zero-order valence-corrected chi connectivity index (χ0v) is 12.2. The van der Waals surface area contributed by atoms with E-state index >= 15 is 0 Å². The minimum atomic E-state index is -4.89. The van der Waals surface area contributed by atoms with Crippen molar-refractivity contribution in [3.63, 3.8) is 0 Å². The van der Waals surface area contributed by atoms with Crippen LogP contribution in [0, 0.1) is 36.5 Å². The number of alkyl halides is 3. The van der Waals surface area contributed by atoms with Gasteiger partial charge in [0.25, 0.3) is 5.60 Å². The molecule has 3 rings (SSSR count). The summed E-state index contributed by atoms with van der Waals surface area (Å²) in [5.74, 6) is 9.67. The third-order valence-electron chi connectivity index (χ3n) is 3.59. The Hall–Kier alpha value is -2.60. The maximum atomic E-state index is 13.7. The molecule has 0 spiro atoms. The van der Waals surface area contributed by atoms with Gasteiger partial charge in [-0.2, -0.15) is 13.2 Å². The zero-order valence-electron chi connectivity index (χ0n) is 12.2. The van der Waals surface area contributed by atoms with Gasteiger partial charge in [-0.3, -0.25) is 5.32 Å². The first-order valence-electron chi connectivity index (χ1n) is 7.02.